The van der Waals surface area contributed by atoms with E-state index in [1.165, 1.54) is 10.8 Å². The number of hydrogen-bond acceptors (Lipinski definition) is 2. The van der Waals surface area contributed by atoms with E-state index in [0.717, 1.165) is 82.8 Å². The third-order valence-electron chi connectivity index (χ3n) is 11.1. The second-order valence-corrected chi connectivity index (χ2v) is 14.0. The third kappa shape index (κ3) is 4.45. The van der Waals surface area contributed by atoms with Gasteiger partial charge in [-0.05, 0) is 77.9 Å². The van der Waals surface area contributed by atoms with Crippen LogP contribution in [0.1, 0.15) is 11.1 Å². The summed E-state index contributed by atoms with van der Waals surface area (Å²) in [6.45, 7) is 0. The lowest BCUT2D eigenvalue weighted by atomic mass is 10.0. The Bertz CT molecular complexity index is 3400. The van der Waals surface area contributed by atoms with Gasteiger partial charge in [0, 0.05) is 43.7 Å². The Morgan fingerprint density at radius 3 is 1.44 bits per heavy atom. The summed E-state index contributed by atoms with van der Waals surface area (Å²) in [5, 5.41) is 27.6. The van der Waals surface area contributed by atoms with E-state index in [-0.39, 0.29) is 0 Å². The van der Waals surface area contributed by atoms with E-state index >= 15 is 0 Å². The largest absolute Gasteiger partial charge is 0.309 e. The van der Waals surface area contributed by atoms with Gasteiger partial charge in [0.1, 0.15) is 12.1 Å². The highest BCUT2D eigenvalue weighted by molar-refractivity contribution is 6.13. The Morgan fingerprint density at radius 2 is 0.818 bits per heavy atom. The Labute approximate surface area is 316 Å². The van der Waals surface area contributed by atoms with Crippen LogP contribution in [-0.4, -0.2) is 13.7 Å². The van der Waals surface area contributed by atoms with E-state index in [2.05, 4.69) is 171 Å². The number of benzene rings is 8. The molecule has 0 saturated carbocycles. The summed E-state index contributed by atoms with van der Waals surface area (Å²) in [4.78, 5) is 0. The lowest BCUT2D eigenvalue weighted by Crippen LogP contribution is -1.99. The molecule has 0 bridgehead atoms. The molecule has 0 N–H and O–H groups in total. The standard InChI is InChI=1S/C50H29N5/c51-30-34-10-9-15-43-41-14-4-7-18-47(41)54(50(34)43)36-23-20-32(21-24-36)33-22-27-44(35(28-33)31-52)55-48-19-8-3-13-40(48)42-26-25-37(29-49(42)55)53-45-16-5-1-11-38(45)39-12-2-6-17-46(39)53/h1-29H. The first kappa shape index (κ1) is 30.7. The van der Waals surface area contributed by atoms with Gasteiger partial charge >= 0.3 is 0 Å². The van der Waals surface area contributed by atoms with E-state index in [9.17, 15) is 10.5 Å². The highest BCUT2D eigenvalue weighted by atomic mass is 15.0. The predicted molar refractivity (Wildman–Crippen MR) is 224 cm³/mol. The molecule has 5 heteroatoms. The first-order valence-corrected chi connectivity index (χ1v) is 18.3. The first-order chi connectivity index (χ1) is 27.2. The second-order valence-electron chi connectivity index (χ2n) is 14.0. The van der Waals surface area contributed by atoms with Crippen molar-refractivity contribution in [1.29, 1.82) is 10.5 Å². The van der Waals surface area contributed by atoms with Gasteiger partial charge < -0.3 is 13.7 Å². The molecule has 11 rings (SSSR count). The molecule has 254 valence electrons. The fourth-order valence-electron chi connectivity index (χ4n) is 8.74. The van der Waals surface area contributed by atoms with Crippen LogP contribution in [0.2, 0.25) is 0 Å². The minimum Gasteiger partial charge on any atom is -0.309 e. The summed E-state index contributed by atoms with van der Waals surface area (Å²) in [6.07, 6.45) is 0. The van der Waals surface area contributed by atoms with Crippen molar-refractivity contribution < 1.29 is 0 Å². The quantitative estimate of drug-likeness (QED) is 0.184. The van der Waals surface area contributed by atoms with Crippen molar-refractivity contribution in [3.63, 3.8) is 0 Å². The smallest absolute Gasteiger partial charge is 0.101 e. The Kier molecular flexibility index (Phi) is 6.61. The molecule has 0 spiro atoms. The molecule has 3 aromatic heterocycles. The minimum absolute atomic E-state index is 0.590. The Balaban J connectivity index is 1.06. The average Bonchev–Trinajstić information content (AvgIpc) is 3.89. The van der Waals surface area contributed by atoms with Gasteiger partial charge in [-0.25, -0.2) is 0 Å². The third-order valence-corrected chi connectivity index (χ3v) is 11.1. The summed E-state index contributed by atoms with van der Waals surface area (Å²) < 4.78 is 6.75. The molecule has 0 aliphatic rings. The van der Waals surface area contributed by atoms with E-state index in [0.29, 0.717) is 11.1 Å². The minimum atomic E-state index is 0.590. The number of aromatic nitrogens is 3. The maximum atomic E-state index is 10.7. The molecule has 0 radical (unpaired) electrons. The molecule has 0 atom stereocenters. The number of hydrogen-bond donors (Lipinski definition) is 0. The molecule has 11 aromatic rings. The number of fused-ring (bicyclic) bond motifs is 9. The molecule has 55 heavy (non-hydrogen) atoms. The topological polar surface area (TPSA) is 62.4 Å². The molecule has 0 unspecified atom stereocenters. The van der Waals surface area contributed by atoms with Gasteiger partial charge in [-0.2, -0.15) is 10.5 Å². The lowest BCUT2D eigenvalue weighted by Gasteiger charge is -2.14. The number of rotatable bonds is 4. The first-order valence-electron chi connectivity index (χ1n) is 18.3. The molecule has 0 aliphatic carbocycles. The van der Waals surface area contributed by atoms with E-state index in [4.69, 9.17) is 0 Å². The average molecular weight is 700 g/mol. The summed E-state index contributed by atoms with van der Waals surface area (Å²) in [5.41, 5.74) is 12.4. The van der Waals surface area contributed by atoms with Crippen molar-refractivity contribution in [2.24, 2.45) is 0 Å². The Morgan fingerprint density at radius 1 is 0.327 bits per heavy atom. The van der Waals surface area contributed by atoms with E-state index in [1.807, 2.05) is 30.3 Å². The van der Waals surface area contributed by atoms with Gasteiger partial charge in [-0.15, -0.1) is 0 Å². The maximum Gasteiger partial charge on any atom is 0.101 e. The van der Waals surface area contributed by atoms with Gasteiger partial charge in [0.05, 0.1) is 49.9 Å². The van der Waals surface area contributed by atoms with Crippen molar-refractivity contribution in [2.75, 3.05) is 0 Å². The molecular formula is C50H29N5. The maximum absolute atomic E-state index is 10.7. The fraction of sp³-hybridized carbons (Fsp3) is 0. The number of nitrogens with zero attached hydrogens (tertiary/aromatic N) is 5. The van der Waals surface area contributed by atoms with Crippen LogP contribution < -0.4 is 0 Å². The highest BCUT2D eigenvalue weighted by Crippen LogP contribution is 2.39. The number of para-hydroxylation sites is 5. The van der Waals surface area contributed by atoms with Gasteiger partial charge in [-0.1, -0.05) is 109 Å². The molecular weight excluding hydrogens is 671 g/mol. The zero-order chi connectivity index (χ0) is 36.6. The normalized spacial score (nSPS) is 11.6. The zero-order valence-corrected chi connectivity index (χ0v) is 29.5. The predicted octanol–water partition coefficient (Wildman–Crippen LogP) is 12.4. The second kappa shape index (κ2) is 11.8. The van der Waals surface area contributed by atoms with Gasteiger partial charge in [0.15, 0.2) is 0 Å². The van der Waals surface area contributed by atoms with Crippen molar-refractivity contribution >= 4 is 65.4 Å². The molecule has 0 fully saturated rings. The van der Waals surface area contributed by atoms with Gasteiger partial charge in [-0.3, -0.25) is 0 Å². The van der Waals surface area contributed by atoms with Crippen LogP contribution in [0.3, 0.4) is 0 Å². The lowest BCUT2D eigenvalue weighted by molar-refractivity contribution is 1.15. The fourth-order valence-corrected chi connectivity index (χ4v) is 8.74. The highest BCUT2D eigenvalue weighted by Gasteiger charge is 2.19. The Hall–Kier alpha value is -7.86. The van der Waals surface area contributed by atoms with Gasteiger partial charge in [0.25, 0.3) is 0 Å². The van der Waals surface area contributed by atoms with Crippen molar-refractivity contribution in [3.05, 3.63) is 187 Å². The molecule has 3 heterocycles. The van der Waals surface area contributed by atoms with Crippen LogP contribution >= 0.6 is 0 Å². The molecule has 8 aromatic carbocycles. The summed E-state index contributed by atoms with van der Waals surface area (Å²) >= 11 is 0. The van der Waals surface area contributed by atoms with E-state index in [1.54, 1.807) is 0 Å². The van der Waals surface area contributed by atoms with Crippen LogP contribution in [-0.2, 0) is 0 Å². The molecule has 0 aliphatic heterocycles. The zero-order valence-electron chi connectivity index (χ0n) is 29.5. The van der Waals surface area contributed by atoms with Crippen LogP contribution in [0.25, 0.3) is 93.6 Å². The van der Waals surface area contributed by atoms with Crippen LogP contribution in [0, 0.1) is 22.7 Å². The van der Waals surface area contributed by atoms with Crippen molar-refractivity contribution in [1.82, 2.24) is 13.7 Å². The van der Waals surface area contributed by atoms with Crippen molar-refractivity contribution in [2.45, 2.75) is 0 Å². The monoisotopic (exact) mass is 699 g/mol. The molecule has 0 amide bonds. The molecule has 5 nitrogen and oxygen atoms in total. The summed E-state index contributed by atoms with van der Waals surface area (Å²) in [5.74, 6) is 0. The summed E-state index contributed by atoms with van der Waals surface area (Å²) in [6, 6.07) is 65.9. The van der Waals surface area contributed by atoms with Crippen molar-refractivity contribution in [3.8, 4) is 40.3 Å². The van der Waals surface area contributed by atoms with Crippen LogP contribution in [0.5, 0.6) is 0 Å². The van der Waals surface area contributed by atoms with E-state index < -0.39 is 0 Å². The van der Waals surface area contributed by atoms with Gasteiger partial charge in [0.2, 0.25) is 0 Å². The summed E-state index contributed by atoms with van der Waals surface area (Å²) in [7, 11) is 0. The molecule has 0 saturated heterocycles. The SMILES string of the molecule is N#Cc1cc(-c2ccc(-n3c4ccccc4c4cccc(C#N)c43)cc2)ccc1-n1c2ccccc2c2ccc(-n3c4ccccc4c4ccccc43)cc21. The number of nitriles is 2. The van der Waals surface area contributed by atoms with Crippen LogP contribution in [0.15, 0.2) is 176 Å². The van der Waals surface area contributed by atoms with Crippen LogP contribution in [0.4, 0.5) is 0 Å².